The Labute approximate surface area is 384 Å². The minimum atomic E-state index is -0.696. The number of likely N-dealkylation sites (N-methyl/N-ethyl adjacent to an activating group) is 1. The van der Waals surface area contributed by atoms with Crippen LogP contribution in [0, 0.1) is 5.92 Å². The summed E-state index contributed by atoms with van der Waals surface area (Å²) < 4.78 is 21.6. The molecule has 64 heavy (non-hydrogen) atoms. The van der Waals surface area contributed by atoms with Gasteiger partial charge < -0.3 is 45.7 Å². The quantitative estimate of drug-likeness (QED) is 0.0442. The second kappa shape index (κ2) is 45.0. The Morgan fingerprint density at radius 1 is 0.500 bits per heavy atom. The molecule has 0 spiro atoms. The Kier molecular flexibility index (Phi) is 42.8. The third-order valence-electron chi connectivity index (χ3n) is 11.1. The topological polar surface area (TPSA) is 239 Å². The number of carboxylic acid groups (broad SMARTS) is 1. The number of rotatable bonds is 50. The fourth-order valence-electron chi connectivity index (χ4n) is 7.15. The average molecular weight is 913 g/mol. The smallest absolute Gasteiger partial charge is 0.303 e. The number of hydrogen-bond acceptors (Lipinski definition) is 13. The lowest BCUT2D eigenvalue weighted by Crippen LogP contribution is -2.38. The fraction of sp³-hybridized carbons (Fsp3) is 0.854. The summed E-state index contributed by atoms with van der Waals surface area (Å²) in [4.78, 5) is 83.2. The van der Waals surface area contributed by atoms with Crippen molar-refractivity contribution in [2.45, 2.75) is 180 Å². The fourth-order valence-corrected chi connectivity index (χ4v) is 7.15. The molecular weight excluding hydrogens is 825 g/mol. The molecule has 0 aromatic carbocycles. The van der Waals surface area contributed by atoms with Crippen LogP contribution in [0.1, 0.15) is 174 Å². The summed E-state index contributed by atoms with van der Waals surface area (Å²) in [6, 6.07) is -0.252. The van der Waals surface area contributed by atoms with Crippen LogP contribution in [0.3, 0.4) is 0 Å². The van der Waals surface area contributed by atoms with Gasteiger partial charge in [-0.05, 0) is 58.9 Å². The van der Waals surface area contributed by atoms with Crippen LogP contribution in [-0.2, 0) is 52.5 Å². The predicted octanol–water partition coefficient (Wildman–Crippen LogP) is 5.97. The number of ether oxygens (including phenoxy) is 4. The SMILES string of the molecule is CN[C@@H](CCCCNC(=O)COCCOCCCC(=O)COCCOCCNC(=O)CCC(CC(=O)CCCCCCCCCCCCCCCCCCC(=O)O)C(C)=O)C(=O)CN. The maximum absolute atomic E-state index is 12.6. The maximum atomic E-state index is 12.6. The Morgan fingerprint density at radius 3 is 1.55 bits per heavy atom. The number of unbranched alkanes of at least 4 members (excludes halogenated alkanes) is 16. The van der Waals surface area contributed by atoms with E-state index in [1.54, 1.807) is 7.05 Å². The number of amides is 2. The van der Waals surface area contributed by atoms with E-state index < -0.39 is 11.9 Å². The summed E-state index contributed by atoms with van der Waals surface area (Å²) in [5.74, 6) is -1.59. The van der Waals surface area contributed by atoms with Crippen molar-refractivity contribution in [1.29, 1.82) is 0 Å². The highest BCUT2D eigenvalue weighted by molar-refractivity contribution is 5.87. The van der Waals surface area contributed by atoms with E-state index in [0.717, 1.165) is 51.4 Å². The highest BCUT2D eigenvalue weighted by Crippen LogP contribution is 2.18. The zero-order valence-electron chi connectivity index (χ0n) is 39.8. The van der Waals surface area contributed by atoms with E-state index in [4.69, 9.17) is 29.8 Å². The third kappa shape index (κ3) is 41.5. The first-order valence-electron chi connectivity index (χ1n) is 24.5. The molecule has 0 aliphatic rings. The van der Waals surface area contributed by atoms with Crippen molar-refractivity contribution in [2.24, 2.45) is 11.7 Å². The number of carbonyl (C=O) groups is 7. The number of hydrogen-bond donors (Lipinski definition) is 5. The van der Waals surface area contributed by atoms with E-state index in [1.165, 1.54) is 71.1 Å². The van der Waals surface area contributed by atoms with Gasteiger partial charge in [-0.15, -0.1) is 0 Å². The van der Waals surface area contributed by atoms with Gasteiger partial charge in [0.2, 0.25) is 11.8 Å². The number of nitrogens with one attached hydrogen (secondary N) is 3. The van der Waals surface area contributed by atoms with Crippen molar-refractivity contribution in [3.05, 3.63) is 0 Å². The molecule has 372 valence electrons. The van der Waals surface area contributed by atoms with Crippen LogP contribution in [0.4, 0.5) is 0 Å². The molecule has 6 N–H and O–H groups in total. The van der Waals surface area contributed by atoms with E-state index in [2.05, 4.69) is 16.0 Å². The number of Topliss-reactive ketones (excluding diaryl/α,β-unsaturated/α-hetero) is 4. The summed E-state index contributed by atoms with van der Waals surface area (Å²) >= 11 is 0. The highest BCUT2D eigenvalue weighted by Gasteiger charge is 2.20. The van der Waals surface area contributed by atoms with Gasteiger partial charge in [0.05, 0.1) is 45.6 Å². The van der Waals surface area contributed by atoms with Gasteiger partial charge in [-0.25, -0.2) is 0 Å². The van der Waals surface area contributed by atoms with Gasteiger partial charge in [-0.1, -0.05) is 89.9 Å². The van der Waals surface area contributed by atoms with Crippen LogP contribution in [0.2, 0.25) is 0 Å². The summed E-state index contributed by atoms with van der Waals surface area (Å²) in [7, 11) is 1.73. The van der Waals surface area contributed by atoms with Crippen molar-refractivity contribution in [3.63, 3.8) is 0 Å². The number of nitrogens with two attached hydrogens (primary N) is 1. The molecule has 0 radical (unpaired) electrons. The third-order valence-corrected chi connectivity index (χ3v) is 11.1. The summed E-state index contributed by atoms with van der Waals surface area (Å²) in [5, 5.41) is 17.2. The molecule has 16 heteroatoms. The van der Waals surface area contributed by atoms with Gasteiger partial charge in [0.25, 0.3) is 0 Å². The predicted molar refractivity (Wildman–Crippen MR) is 248 cm³/mol. The zero-order valence-corrected chi connectivity index (χ0v) is 39.8. The molecule has 0 fully saturated rings. The highest BCUT2D eigenvalue weighted by atomic mass is 16.5. The van der Waals surface area contributed by atoms with Crippen LogP contribution in [0.15, 0.2) is 0 Å². The van der Waals surface area contributed by atoms with Crippen molar-refractivity contribution in [2.75, 3.05) is 79.5 Å². The van der Waals surface area contributed by atoms with Crippen LogP contribution < -0.4 is 21.7 Å². The van der Waals surface area contributed by atoms with Gasteiger partial charge in [-0.3, -0.25) is 33.6 Å². The molecule has 0 aliphatic carbocycles. The second-order valence-electron chi connectivity index (χ2n) is 16.8. The minimum Gasteiger partial charge on any atom is -0.481 e. The number of carboxylic acids is 1. The molecule has 2 atom stereocenters. The Bertz CT molecular complexity index is 1240. The lowest BCUT2D eigenvalue weighted by Gasteiger charge is -2.13. The van der Waals surface area contributed by atoms with E-state index in [0.29, 0.717) is 64.8 Å². The van der Waals surface area contributed by atoms with Gasteiger partial charge in [-0.2, -0.15) is 0 Å². The molecule has 0 aromatic rings. The summed E-state index contributed by atoms with van der Waals surface area (Å²) in [6.07, 6.45) is 23.1. The molecule has 0 aromatic heterocycles. The van der Waals surface area contributed by atoms with E-state index >= 15 is 0 Å². The monoisotopic (exact) mass is 913 g/mol. The molecule has 0 saturated carbocycles. The first-order valence-corrected chi connectivity index (χ1v) is 24.5. The molecule has 1 unspecified atom stereocenters. The van der Waals surface area contributed by atoms with E-state index in [-0.39, 0.29) is 100 Å². The first-order chi connectivity index (χ1) is 31.0. The van der Waals surface area contributed by atoms with Gasteiger partial charge in [0.15, 0.2) is 11.6 Å². The maximum Gasteiger partial charge on any atom is 0.303 e. The molecule has 0 heterocycles. The summed E-state index contributed by atoms with van der Waals surface area (Å²) in [5.41, 5.74) is 5.40. The zero-order chi connectivity index (χ0) is 47.3. The Balaban J connectivity index is 3.65. The standard InChI is InChI=1S/C48H88N4O12/c1-40(53)41(36-42(54)22-17-15-13-11-9-7-5-3-4-6-8-10-12-14-16-18-25-48(59)60)26-27-46(57)52-29-31-62-33-34-63-38-43(55)23-21-30-61-32-35-64-39-47(58)51-28-20-19-24-44(50-2)45(56)37-49/h41,44,50H,3-39,49H2,1-2H3,(H,51,58)(H,52,57)(H,59,60)/t41?,44-/m0/s1. The molecule has 2 amide bonds. The van der Waals surface area contributed by atoms with Gasteiger partial charge in [0.1, 0.15) is 24.8 Å². The van der Waals surface area contributed by atoms with Crippen molar-refractivity contribution < 1.29 is 57.6 Å². The van der Waals surface area contributed by atoms with Crippen LogP contribution in [-0.4, -0.2) is 132 Å². The molecule has 0 aliphatic heterocycles. The van der Waals surface area contributed by atoms with Crippen LogP contribution in [0.5, 0.6) is 0 Å². The normalized spacial score (nSPS) is 12.2. The van der Waals surface area contributed by atoms with Crippen LogP contribution in [0.25, 0.3) is 0 Å². The molecule has 0 saturated heterocycles. The second-order valence-corrected chi connectivity index (χ2v) is 16.8. The molecule has 0 rings (SSSR count). The molecule has 0 bridgehead atoms. The number of aliphatic carboxylic acids is 1. The lowest BCUT2D eigenvalue weighted by atomic mass is 9.91. The summed E-state index contributed by atoms with van der Waals surface area (Å²) in [6.45, 7) is 3.97. The van der Waals surface area contributed by atoms with Crippen molar-refractivity contribution in [3.8, 4) is 0 Å². The Hall–Kier alpha value is -3.15. The van der Waals surface area contributed by atoms with Gasteiger partial charge in [0, 0.05) is 57.7 Å². The van der Waals surface area contributed by atoms with E-state index in [9.17, 15) is 33.6 Å². The minimum absolute atomic E-state index is 0.0107. The number of ketones is 4. The van der Waals surface area contributed by atoms with Gasteiger partial charge >= 0.3 is 5.97 Å². The van der Waals surface area contributed by atoms with Crippen LogP contribution >= 0.6 is 0 Å². The van der Waals surface area contributed by atoms with Crippen molar-refractivity contribution in [1.82, 2.24) is 16.0 Å². The largest absolute Gasteiger partial charge is 0.481 e. The number of carbonyl (C=O) groups excluding carboxylic acids is 6. The molecule has 16 nitrogen and oxygen atoms in total. The van der Waals surface area contributed by atoms with E-state index in [1.807, 2.05) is 0 Å². The Morgan fingerprint density at radius 2 is 1.00 bits per heavy atom. The molecular formula is C48H88N4O12. The van der Waals surface area contributed by atoms with Crippen molar-refractivity contribution >= 4 is 40.9 Å². The first kappa shape index (κ1) is 60.9. The average Bonchev–Trinajstić information content (AvgIpc) is 3.27. The lowest BCUT2D eigenvalue weighted by molar-refractivity contribution is -0.137.